The van der Waals surface area contributed by atoms with Crippen LogP contribution in [-0.2, 0) is 9.53 Å². The van der Waals surface area contributed by atoms with E-state index < -0.39 is 12.2 Å². The van der Waals surface area contributed by atoms with Gasteiger partial charge in [-0.1, -0.05) is 0 Å². The zero-order valence-electron chi connectivity index (χ0n) is 8.20. The monoisotopic (exact) mass is 332 g/mol. The molecule has 0 bridgehead atoms. The van der Waals surface area contributed by atoms with Gasteiger partial charge in [0.25, 0.3) is 5.91 Å². The Morgan fingerprint density at radius 2 is 2.12 bits per heavy atom. The molecular formula is C10H9IN2O3. The van der Waals surface area contributed by atoms with Gasteiger partial charge in [0.1, 0.15) is 0 Å². The minimum atomic E-state index is -0.744. The Bertz CT molecular complexity index is 419. The maximum atomic E-state index is 11.6. The van der Waals surface area contributed by atoms with Gasteiger partial charge in [-0.3, -0.25) is 4.79 Å². The lowest BCUT2D eigenvalue weighted by molar-refractivity contribution is -0.122. The Balaban J connectivity index is 1.97. The van der Waals surface area contributed by atoms with Gasteiger partial charge < -0.3 is 15.4 Å². The van der Waals surface area contributed by atoms with Crippen LogP contribution >= 0.6 is 22.6 Å². The molecule has 1 aromatic rings. The van der Waals surface area contributed by atoms with Crippen LogP contribution in [0.2, 0.25) is 0 Å². The smallest absolute Gasteiger partial charge is 0.408 e. The molecule has 0 spiro atoms. The standard InChI is InChI=1S/C10H9IN2O3/c11-6-1-3-7(4-2-6)13-9(14)8-5-12-10(15)16-8/h1-4,8H,5H2,(H,12,15)(H,13,14). The van der Waals surface area contributed by atoms with E-state index in [2.05, 4.69) is 33.2 Å². The number of hydrogen-bond donors (Lipinski definition) is 2. The summed E-state index contributed by atoms with van der Waals surface area (Å²) in [7, 11) is 0. The second kappa shape index (κ2) is 4.69. The summed E-state index contributed by atoms with van der Waals surface area (Å²) in [5.41, 5.74) is 0.688. The largest absolute Gasteiger partial charge is 0.434 e. The van der Waals surface area contributed by atoms with E-state index >= 15 is 0 Å². The average Bonchev–Trinajstić information content (AvgIpc) is 2.68. The van der Waals surface area contributed by atoms with Crippen LogP contribution < -0.4 is 10.6 Å². The number of alkyl carbamates (subject to hydrolysis) is 1. The van der Waals surface area contributed by atoms with Crippen molar-refractivity contribution in [1.29, 1.82) is 0 Å². The molecule has 6 heteroatoms. The topological polar surface area (TPSA) is 67.4 Å². The summed E-state index contributed by atoms with van der Waals surface area (Å²) in [4.78, 5) is 22.4. The third kappa shape index (κ3) is 2.63. The van der Waals surface area contributed by atoms with Gasteiger partial charge in [0.2, 0.25) is 0 Å². The van der Waals surface area contributed by atoms with Gasteiger partial charge in [-0.15, -0.1) is 0 Å². The Kier molecular flexibility index (Phi) is 3.28. The first-order valence-corrected chi connectivity index (χ1v) is 5.74. The molecule has 16 heavy (non-hydrogen) atoms. The molecule has 1 heterocycles. The fraction of sp³-hybridized carbons (Fsp3) is 0.200. The molecule has 1 aliphatic heterocycles. The first-order valence-electron chi connectivity index (χ1n) is 4.66. The zero-order chi connectivity index (χ0) is 11.5. The molecule has 1 saturated heterocycles. The van der Waals surface area contributed by atoms with Gasteiger partial charge in [0.15, 0.2) is 6.10 Å². The number of carbonyl (C=O) groups excluding carboxylic acids is 2. The SMILES string of the molecule is O=C1NCC(C(=O)Nc2ccc(I)cc2)O1. The highest BCUT2D eigenvalue weighted by atomic mass is 127. The van der Waals surface area contributed by atoms with E-state index in [4.69, 9.17) is 4.74 Å². The van der Waals surface area contributed by atoms with Crippen LogP contribution in [0.4, 0.5) is 10.5 Å². The summed E-state index contributed by atoms with van der Waals surface area (Å²) in [6.45, 7) is 0.217. The maximum absolute atomic E-state index is 11.6. The quantitative estimate of drug-likeness (QED) is 0.803. The number of nitrogens with one attached hydrogen (secondary N) is 2. The van der Waals surface area contributed by atoms with E-state index in [0.717, 1.165) is 3.57 Å². The van der Waals surface area contributed by atoms with Crippen molar-refractivity contribution in [2.75, 3.05) is 11.9 Å². The van der Waals surface area contributed by atoms with Crippen LogP contribution in [0.1, 0.15) is 0 Å². The fourth-order valence-corrected chi connectivity index (χ4v) is 1.65. The van der Waals surface area contributed by atoms with Crippen molar-refractivity contribution in [2.45, 2.75) is 6.10 Å². The van der Waals surface area contributed by atoms with Crippen LogP contribution in [0.3, 0.4) is 0 Å². The van der Waals surface area contributed by atoms with Crippen molar-refractivity contribution in [2.24, 2.45) is 0 Å². The number of benzene rings is 1. The minimum absolute atomic E-state index is 0.217. The number of carbonyl (C=O) groups is 2. The van der Waals surface area contributed by atoms with Crippen LogP contribution in [0.25, 0.3) is 0 Å². The van der Waals surface area contributed by atoms with Gasteiger partial charge >= 0.3 is 6.09 Å². The summed E-state index contributed by atoms with van der Waals surface area (Å²) in [6, 6.07) is 7.36. The molecule has 2 N–H and O–H groups in total. The van der Waals surface area contributed by atoms with Gasteiger partial charge in [-0.2, -0.15) is 0 Å². The van der Waals surface area contributed by atoms with E-state index in [1.807, 2.05) is 12.1 Å². The highest BCUT2D eigenvalue weighted by Gasteiger charge is 2.29. The highest BCUT2D eigenvalue weighted by molar-refractivity contribution is 14.1. The molecule has 1 atom stereocenters. The molecule has 0 aliphatic carbocycles. The van der Waals surface area contributed by atoms with Crippen LogP contribution in [0.5, 0.6) is 0 Å². The number of hydrogen-bond acceptors (Lipinski definition) is 3. The molecular weight excluding hydrogens is 323 g/mol. The zero-order valence-corrected chi connectivity index (χ0v) is 10.4. The van der Waals surface area contributed by atoms with Crippen molar-refractivity contribution < 1.29 is 14.3 Å². The summed E-state index contributed by atoms with van der Waals surface area (Å²) in [6.07, 6.45) is -1.30. The molecule has 1 aliphatic rings. The third-order valence-corrected chi connectivity index (χ3v) is 2.80. The van der Waals surface area contributed by atoms with Crippen molar-refractivity contribution >= 4 is 40.3 Å². The van der Waals surface area contributed by atoms with Gasteiger partial charge in [-0.25, -0.2) is 4.79 Å². The van der Waals surface area contributed by atoms with Crippen LogP contribution in [0, 0.1) is 3.57 Å². The number of rotatable bonds is 2. The Labute approximate surface area is 106 Å². The Morgan fingerprint density at radius 1 is 1.44 bits per heavy atom. The lowest BCUT2D eigenvalue weighted by atomic mass is 10.3. The maximum Gasteiger partial charge on any atom is 0.408 e. The lowest BCUT2D eigenvalue weighted by Crippen LogP contribution is -2.30. The number of halogens is 1. The second-order valence-electron chi connectivity index (χ2n) is 3.27. The number of ether oxygens (including phenoxy) is 1. The van der Waals surface area contributed by atoms with Crippen molar-refractivity contribution in [3.8, 4) is 0 Å². The molecule has 2 rings (SSSR count). The molecule has 0 aromatic heterocycles. The average molecular weight is 332 g/mol. The molecule has 0 radical (unpaired) electrons. The van der Waals surface area contributed by atoms with Crippen molar-refractivity contribution in [1.82, 2.24) is 5.32 Å². The number of anilines is 1. The highest BCUT2D eigenvalue weighted by Crippen LogP contribution is 2.12. The normalized spacial score (nSPS) is 18.8. The third-order valence-electron chi connectivity index (χ3n) is 2.09. The first kappa shape index (κ1) is 11.2. The Morgan fingerprint density at radius 3 is 2.69 bits per heavy atom. The molecule has 1 fully saturated rings. The van der Waals surface area contributed by atoms with Gasteiger partial charge in [-0.05, 0) is 46.9 Å². The second-order valence-corrected chi connectivity index (χ2v) is 4.52. The van der Waals surface area contributed by atoms with Gasteiger partial charge in [0.05, 0.1) is 6.54 Å². The molecule has 5 nitrogen and oxygen atoms in total. The number of cyclic esters (lactones) is 1. The molecule has 1 unspecified atom stereocenters. The van der Waals surface area contributed by atoms with Gasteiger partial charge in [0, 0.05) is 9.26 Å². The summed E-state index contributed by atoms with van der Waals surface area (Å²) in [5.74, 6) is -0.320. The van der Waals surface area contributed by atoms with Crippen molar-refractivity contribution in [3.05, 3.63) is 27.8 Å². The predicted octanol–water partition coefficient (Wildman–Crippen LogP) is 1.34. The predicted molar refractivity (Wildman–Crippen MR) is 66.1 cm³/mol. The number of amides is 2. The van der Waals surface area contributed by atoms with E-state index in [1.165, 1.54) is 0 Å². The van der Waals surface area contributed by atoms with E-state index in [1.54, 1.807) is 12.1 Å². The fourth-order valence-electron chi connectivity index (χ4n) is 1.29. The Hall–Kier alpha value is -1.31. The minimum Gasteiger partial charge on any atom is -0.434 e. The summed E-state index contributed by atoms with van der Waals surface area (Å²) in [5, 5.41) is 5.09. The van der Waals surface area contributed by atoms with Crippen LogP contribution in [0.15, 0.2) is 24.3 Å². The molecule has 84 valence electrons. The first-order chi connectivity index (χ1) is 7.65. The lowest BCUT2D eigenvalue weighted by Gasteiger charge is -2.08. The van der Waals surface area contributed by atoms with Crippen molar-refractivity contribution in [3.63, 3.8) is 0 Å². The van der Waals surface area contributed by atoms with E-state index in [9.17, 15) is 9.59 Å². The molecule has 1 aromatic carbocycles. The molecule has 0 saturated carbocycles. The summed E-state index contributed by atoms with van der Waals surface area (Å²) < 4.78 is 5.84. The van der Waals surface area contributed by atoms with E-state index in [-0.39, 0.29) is 12.5 Å². The van der Waals surface area contributed by atoms with Crippen LogP contribution in [-0.4, -0.2) is 24.6 Å². The van der Waals surface area contributed by atoms with E-state index in [0.29, 0.717) is 5.69 Å². The molecule has 2 amide bonds. The summed E-state index contributed by atoms with van der Waals surface area (Å²) >= 11 is 2.18.